The second-order valence-electron chi connectivity index (χ2n) is 8.22. The van der Waals surface area contributed by atoms with Gasteiger partial charge in [0, 0.05) is 19.5 Å². The zero-order chi connectivity index (χ0) is 20.5. The van der Waals surface area contributed by atoms with E-state index in [2.05, 4.69) is 17.5 Å². The average Bonchev–Trinajstić information content (AvgIpc) is 3.03. The summed E-state index contributed by atoms with van der Waals surface area (Å²) in [6, 6.07) is 9.45. The monoisotopic (exact) mass is 395 g/mol. The summed E-state index contributed by atoms with van der Waals surface area (Å²) in [5.41, 5.74) is 0.980. The van der Waals surface area contributed by atoms with E-state index < -0.39 is 6.17 Å². The van der Waals surface area contributed by atoms with Gasteiger partial charge in [-0.3, -0.25) is 14.5 Å². The zero-order valence-corrected chi connectivity index (χ0v) is 17.1. The summed E-state index contributed by atoms with van der Waals surface area (Å²) in [4.78, 5) is 42.6. The van der Waals surface area contributed by atoms with Crippen molar-refractivity contribution in [3.8, 4) is 0 Å². The van der Waals surface area contributed by atoms with Gasteiger partial charge in [0.2, 0.25) is 11.8 Å². The van der Waals surface area contributed by atoms with Crippen LogP contribution in [-0.2, 0) is 16.0 Å². The topological polar surface area (TPSA) is 69.7 Å². The molecule has 154 valence electrons. The molecule has 0 aromatic heterocycles. The Bertz CT molecular complexity index is 786. The molecule has 1 N–H and O–H groups in total. The third-order valence-corrected chi connectivity index (χ3v) is 6.72. The van der Waals surface area contributed by atoms with Crippen molar-refractivity contribution in [1.29, 1.82) is 0 Å². The third-order valence-electron chi connectivity index (χ3n) is 6.72. The molecule has 2 bridgehead atoms. The quantitative estimate of drug-likeness (QED) is 0.595. The van der Waals surface area contributed by atoms with Crippen LogP contribution >= 0.6 is 0 Å². The Morgan fingerprint density at radius 1 is 1.03 bits per heavy atom. The maximum absolute atomic E-state index is 13.4. The Balaban J connectivity index is 1.62. The predicted octanol–water partition coefficient (Wildman–Crippen LogP) is 2.80. The number of nitrogens with one attached hydrogen (secondary N) is 1. The highest BCUT2D eigenvalue weighted by molar-refractivity contribution is 6.06. The molecule has 5 rings (SSSR count). The van der Waals surface area contributed by atoms with Crippen LogP contribution in [0.5, 0.6) is 0 Å². The van der Waals surface area contributed by atoms with Gasteiger partial charge in [-0.15, -0.1) is 0 Å². The molecule has 1 aromatic rings. The van der Waals surface area contributed by atoms with Gasteiger partial charge in [-0.05, 0) is 44.1 Å². The highest BCUT2D eigenvalue weighted by Gasteiger charge is 2.58. The van der Waals surface area contributed by atoms with E-state index in [1.165, 1.54) is 4.90 Å². The van der Waals surface area contributed by atoms with Crippen LogP contribution in [0, 0.1) is 23.7 Å². The minimum Gasteiger partial charge on any atom is -0.325 e. The molecule has 4 aliphatic rings. The standard InChI is InChI=1S/C23H29N3O3/c1-3-25(4-2)23(29)24-18(14-15-8-6-5-7-9-15)26-21(27)19-16-10-11-17(13-12-16)20(19)22(26)28/h5-11,16-20H,3-4,12-14H2,1-2H3,(H,24,29)/t16-,17-,18-,19-,20+/m0/s1. The van der Waals surface area contributed by atoms with E-state index >= 15 is 0 Å². The highest BCUT2D eigenvalue weighted by Crippen LogP contribution is 2.49. The van der Waals surface area contributed by atoms with Crippen molar-refractivity contribution in [1.82, 2.24) is 15.1 Å². The van der Waals surface area contributed by atoms with Gasteiger partial charge in [-0.2, -0.15) is 0 Å². The van der Waals surface area contributed by atoms with Crippen molar-refractivity contribution in [2.24, 2.45) is 23.7 Å². The first-order valence-electron chi connectivity index (χ1n) is 10.7. The van der Waals surface area contributed by atoms with Crippen LogP contribution in [0.25, 0.3) is 0 Å². The molecule has 29 heavy (non-hydrogen) atoms. The Morgan fingerprint density at radius 2 is 1.59 bits per heavy atom. The number of imide groups is 1. The molecule has 1 saturated heterocycles. The molecule has 2 fully saturated rings. The zero-order valence-electron chi connectivity index (χ0n) is 17.1. The van der Waals surface area contributed by atoms with Crippen LogP contribution in [0.3, 0.4) is 0 Å². The SMILES string of the molecule is CCN(CC)C(=O)N[C@H](Cc1ccccc1)N1C(=O)[C@@H]2[C@H](C1=O)[C@H]1C=C[C@H]2CC1. The fourth-order valence-corrected chi connectivity index (χ4v) is 5.19. The minimum absolute atomic E-state index is 0.125. The van der Waals surface area contributed by atoms with Crippen molar-refractivity contribution in [2.45, 2.75) is 39.3 Å². The van der Waals surface area contributed by atoms with Gasteiger partial charge >= 0.3 is 6.03 Å². The number of likely N-dealkylation sites (tertiary alicyclic amines) is 1. The molecule has 1 saturated carbocycles. The molecule has 6 nitrogen and oxygen atoms in total. The van der Waals surface area contributed by atoms with E-state index in [1.807, 2.05) is 44.2 Å². The number of urea groups is 1. The maximum atomic E-state index is 13.4. The van der Waals surface area contributed by atoms with E-state index in [-0.39, 0.29) is 41.5 Å². The fourth-order valence-electron chi connectivity index (χ4n) is 5.19. The largest absolute Gasteiger partial charge is 0.325 e. The number of nitrogens with zero attached hydrogens (tertiary/aromatic N) is 2. The van der Waals surface area contributed by atoms with Crippen molar-refractivity contribution >= 4 is 17.8 Å². The maximum Gasteiger partial charge on any atom is 0.319 e. The van der Waals surface area contributed by atoms with Gasteiger partial charge in [-0.25, -0.2) is 4.79 Å². The first kappa shape index (κ1) is 19.7. The predicted molar refractivity (Wildman–Crippen MR) is 110 cm³/mol. The minimum atomic E-state index is -0.671. The molecule has 1 aliphatic heterocycles. The molecule has 5 atom stereocenters. The molecular formula is C23H29N3O3. The van der Waals surface area contributed by atoms with Gasteiger partial charge in [0.15, 0.2) is 0 Å². The van der Waals surface area contributed by atoms with Crippen LogP contribution in [0.15, 0.2) is 42.5 Å². The molecule has 4 amide bonds. The molecular weight excluding hydrogens is 366 g/mol. The molecule has 3 aliphatic carbocycles. The number of carbonyl (C=O) groups excluding carboxylic acids is 3. The van der Waals surface area contributed by atoms with Gasteiger partial charge < -0.3 is 10.2 Å². The Hall–Kier alpha value is -2.63. The number of amides is 4. The van der Waals surface area contributed by atoms with Crippen LogP contribution in [-0.4, -0.2) is 46.9 Å². The first-order valence-corrected chi connectivity index (χ1v) is 10.7. The Kier molecular flexibility index (Phi) is 5.43. The summed E-state index contributed by atoms with van der Waals surface area (Å²) in [7, 11) is 0. The molecule has 0 radical (unpaired) electrons. The summed E-state index contributed by atoms with van der Waals surface area (Å²) in [6.07, 6.45) is 5.90. The van der Waals surface area contributed by atoms with E-state index in [4.69, 9.17) is 0 Å². The van der Waals surface area contributed by atoms with Crippen molar-refractivity contribution in [3.05, 3.63) is 48.0 Å². The normalized spacial score (nSPS) is 28.4. The van der Waals surface area contributed by atoms with Gasteiger partial charge in [-0.1, -0.05) is 42.5 Å². The lowest BCUT2D eigenvalue weighted by molar-refractivity contribution is -0.143. The van der Waals surface area contributed by atoms with E-state index in [0.29, 0.717) is 19.5 Å². The number of hydrogen-bond donors (Lipinski definition) is 1. The van der Waals surface area contributed by atoms with Crippen molar-refractivity contribution < 1.29 is 14.4 Å². The fraction of sp³-hybridized carbons (Fsp3) is 0.522. The van der Waals surface area contributed by atoms with Gasteiger partial charge in [0.1, 0.15) is 6.17 Å². The van der Waals surface area contributed by atoms with Crippen LogP contribution < -0.4 is 5.32 Å². The summed E-state index contributed by atoms with van der Waals surface area (Å²) >= 11 is 0. The number of hydrogen-bond acceptors (Lipinski definition) is 3. The summed E-state index contributed by atoms with van der Waals surface area (Å²) in [6.45, 7) is 4.97. The third kappa shape index (κ3) is 3.45. The summed E-state index contributed by atoms with van der Waals surface area (Å²) in [5, 5.41) is 2.98. The van der Waals surface area contributed by atoms with E-state index in [9.17, 15) is 14.4 Å². The van der Waals surface area contributed by atoms with Crippen LogP contribution in [0.4, 0.5) is 4.79 Å². The lowest BCUT2D eigenvalue weighted by Crippen LogP contribution is -2.55. The number of rotatable bonds is 6. The number of allylic oxidation sites excluding steroid dienone is 2. The van der Waals surface area contributed by atoms with Crippen molar-refractivity contribution in [3.63, 3.8) is 0 Å². The number of carbonyl (C=O) groups is 3. The molecule has 0 unspecified atom stereocenters. The number of benzene rings is 1. The van der Waals surface area contributed by atoms with Gasteiger partial charge in [0.25, 0.3) is 0 Å². The second-order valence-corrected chi connectivity index (χ2v) is 8.22. The summed E-state index contributed by atoms with van der Waals surface area (Å²) < 4.78 is 0. The van der Waals surface area contributed by atoms with E-state index in [0.717, 1.165) is 18.4 Å². The van der Waals surface area contributed by atoms with Gasteiger partial charge in [0.05, 0.1) is 11.8 Å². The van der Waals surface area contributed by atoms with Crippen LogP contribution in [0.2, 0.25) is 0 Å². The molecule has 0 spiro atoms. The first-order chi connectivity index (χ1) is 14.0. The average molecular weight is 396 g/mol. The molecule has 6 heteroatoms. The lowest BCUT2D eigenvalue weighted by Gasteiger charge is -2.38. The smallest absolute Gasteiger partial charge is 0.319 e. The lowest BCUT2D eigenvalue weighted by atomic mass is 9.63. The van der Waals surface area contributed by atoms with Crippen molar-refractivity contribution in [2.75, 3.05) is 13.1 Å². The Morgan fingerprint density at radius 3 is 2.07 bits per heavy atom. The van der Waals surface area contributed by atoms with E-state index in [1.54, 1.807) is 4.90 Å². The van der Waals surface area contributed by atoms with Crippen LogP contribution in [0.1, 0.15) is 32.3 Å². The number of fused-ring (bicyclic) bond motifs is 1. The molecule has 1 heterocycles. The Labute approximate surface area is 171 Å². The second kappa shape index (κ2) is 8.01. The highest BCUT2D eigenvalue weighted by atomic mass is 16.2. The summed E-state index contributed by atoms with van der Waals surface area (Å²) in [5.74, 6) is -0.506. The molecule has 1 aromatic carbocycles.